The van der Waals surface area contributed by atoms with Crippen molar-refractivity contribution in [3.63, 3.8) is 0 Å². The van der Waals surface area contributed by atoms with Gasteiger partial charge in [-0.15, -0.1) is 0 Å². The number of carbonyl (C=O) groups excluding carboxylic acids is 3. The molecule has 0 aliphatic heterocycles. The predicted octanol–water partition coefficient (Wildman–Crippen LogP) is 0.950. The molecule has 6 heteroatoms. The van der Waals surface area contributed by atoms with Gasteiger partial charge in [0.1, 0.15) is 5.76 Å². The summed E-state index contributed by atoms with van der Waals surface area (Å²) in [7, 11) is 0. The maximum atomic E-state index is 11.5. The maximum Gasteiger partial charge on any atom is 0.349 e. The van der Waals surface area contributed by atoms with Gasteiger partial charge in [0.25, 0.3) is 0 Å². The Morgan fingerprint density at radius 1 is 0.882 bits per heavy atom. The minimum atomic E-state index is -0.871. The van der Waals surface area contributed by atoms with E-state index in [0.29, 0.717) is 0 Å². The molecule has 0 amide bonds. The Balaban J connectivity index is 5.14. The highest BCUT2D eigenvalue weighted by atomic mass is 16.6. The molecule has 6 nitrogen and oxygen atoms in total. The van der Waals surface area contributed by atoms with Crippen molar-refractivity contribution in [2.24, 2.45) is 0 Å². The monoisotopic (exact) mass is 244 g/mol. The van der Waals surface area contributed by atoms with Gasteiger partial charge < -0.3 is 14.2 Å². The van der Waals surface area contributed by atoms with E-state index in [1.807, 2.05) is 0 Å². The summed E-state index contributed by atoms with van der Waals surface area (Å²) in [6.45, 7) is 5.90. The van der Waals surface area contributed by atoms with E-state index in [9.17, 15) is 14.4 Å². The van der Waals surface area contributed by atoms with Gasteiger partial charge in [-0.05, 0) is 20.8 Å². The molecular formula is C11H16O6. The van der Waals surface area contributed by atoms with Crippen LogP contribution in [-0.2, 0) is 28.6 Å². The SMILES string of the molecule is CCOC(=O)C(C(=O)OCC)=C(C)OC(C)=O. The molecule has 0 N–H and O–H groups in total. The summed E-state index contributed by atoms with van der Waals surface area (Å²) >= 11 is 0. The van der Waals surface area contributed by atoms with Gasteiger partial charge in [-0.25, -0.2) is 9.59 Å². The number of hydrogen-bond acceptors (Lipinski definition) is 6. The van der Waals surface area contributed by atoms with E-state index in [-0.39, 0.29) is 19.0 Å². The first kappa shape index (κ1) is 15.2. The van der Waals surface area contributed by atoms with E-state index in [1.54, 1.807) is 13.8 Å². The molecule has 0 saturated carbocycles. The molecule has 96 valence electrons. The first-order valence-corrected chi connectivity index (χ1v) is 5.17. The van der Waals surface area contributed by atoms with Crippen molar-refractivity contribution in [3.8, 4) is 0 Å². The molecule has 0 rings (SSSR count). The van der Waals surface area contributed by atoms with Crippen LogP contribution in [0.1, 0.15) is 27.7 Å². The van der Waals surface area contributed by atoms with Crippen molar-refractivity contribution >= 4 is 17.9 Å². The van der Waals surface area contributed by atoms with Crippen LogP contribution in [0.15, 0.2) is 11.3 Å². The van der Waals surface area contributed by atoms with Crippen LogP contribution in [0.5, 0.6) is 0 Å². The normalized spacial score (nSPS) is 9.18. The highest BCUT2D eigenvalue weighted by Crippen LogP contribution is 2.11. The molecule has 0 aromatic heterocycles. The van der Waals surface area contributed by atoms with Gasteiger partial charge >= 0.3 is 17.9 Å². The summed E-state index contributed by atoms with van der Waals surface area (Å²) in [6.07, 6.45) is 0. The van der Waals surface area contributed by atoms with E-state index >= 15 is 0 Å². The van der Waals surface area contributed by atoms with E-state index in [2.05, 4.69) is 14.2 Å². The number of allylic oxidation sites excluding steroid dienone is 1. The van der Waals surface area contributed by atoms with Crippen LogP contribution in [0, 0.1) is 0 Å². The maximum absolute atomic E-state index is 11.5. The van der Waals surface area contributed by atoms with Crippen LogP contribution in [0.2, 0.25) is 0 Å². The minimum Gasteiger partial charge on any atom is -0.462 e. The van der Waals surface area contributed by atoms with Gasteiger partial charge in [0.05, 0.1) is 13.2 Å². The van der Waals surface area contributed by atoms with Gasteiger partial charge in [-0.2, -0.15) is 0 Å². The molecule has 0 spiro atoms. The van der Waals surface area contributed by atoms with Crippen molar-refractivity contribution < 1.29 is 28.6 Å². The third kappa shape index (κ3) is 5.14. The average molecular weight is 244 g/mol. The van der Waals surface area contributed by atoms with Gasteiger partial charge in [-0.3, -0.25) is 4.79 Å². The smallest absolute Gasteiger partial charge is 0.349 e. The second kappa shape index (κ2) is 7.43. The summed E-state index contributed by atoms with van der Waals surface area (Å²) in [4.78, 5) is 33.8. The van der Waals surface area contributed by atoms with Crippen molar-refractivity contribution in [1.82, 2.24) is 0 Å². The summed E-state index contributed by atoms with van der Waals surface area (Å²) in [5, 5.41) is 0. The first-order valence-electron chi connectivity index (χ1n) is 5.17. The van der Waals surface area contributed by atoms with Crippen molar-refractivity contribution in [2.75, 3.05) is 13.2 Å². The van der Waals surface area contributed by atoms with E-state index in [4.69, 9.17) is 0 Å². The lowest BCUT2D eigenvalue weighted by molar-refractivity contribution is -0.147. The van der Waals surface area contributed by atoms with E-state index in [1.165, 1.54) is 6.92 Å². The molecular weight excluding hydrogens is 228 g/mol. The van der Waals surface area contributed by atoms with E-state index in [0.717, 1.165) is 6.92 Å². The fourth-order valence-electron chi connectivity index (χ4n) is 1.04. The molecule has 0 aliphatic rings. The van der Waals surface area contributed by atoms with Crippen LogP contribution in [0.25, 0.3) is 0 Å². The highest BCUT2D eigenvalue weighted by molar-refractivity contribution is 6.14. The third-order valence-corrected chi connectivity index (χ3v) is 1.61. The summed E-state index contributed by atoms with van der Waals surface area (Å²) in [6, 6.07) is 0. The fourth-order valence-corrected chi connectivity index (χ4v) is 1.04. The standard InChI is InChI=1S/C11H16O6/c1-5-15-10(13)9(11(14)16-6-2)7(3)17-8(4)12/h5-6H2,1-4H3. The van der Waals surface area contributed by atoms with Crippen LogP contribution < -0.4 is 0 Å². The molecule has 0 unspecified atom stereocenters. The summed E-state index contributed by atoms with van der Waals surface area (Å²) < 4.78 is 14.1. The Hall–Kier alpha value is -1.85. The Morgan fingerprint density at radius 2 is 1.29 bits per heavy atom. The van der Waals surface area contributed by atoms with Crippen molar-refractivity contribution in [1.29, 1.82) is 0 Å². The zero-order valence-corrected chi connectivity index (χ0v) is 10.4. The Bertz CT molecular complexity index is 322. The van der Waals surface area contributed by atoms with Crippen LogP contribution >= 0.6 is 0 Å². The molecule has 0 bridgehead atoms. The molecule has 0 radical (unpaired) electrons. The van der Waals surface area contributed by atoms with Crippen molar-refractivity contribution in [3.05, 3.63) is 11.3 Å². The van der Waals surface area contributed by atoms with Gasteiger partial charge in [0.2, 0.25) is 0 Å². The number of rotatable bonds is 5. The number of ether oxygens (including phenoxy) is 3. The fraction of sp³-hybridized carbons (Fsp3) is 0.545. The molecule has 0 saturated heterocycles. The topological polar surface area (TPSA) is 78.9 Å². The lowest BCUT2D eigenvalue weighted by atomic mass is 10.2. The lowest BCUT2D eigenvalue weighted by Gasteiger charge is -2.09. The molecule has 17 heavy (non-hydrogen) atoms. The number of hydrogen-bond donors (Lipinski definition) is 0. The quantitative estimate of drug-likeness (QED) is 0.179. The molecule has 0 atom stereocenters. The van der Waals surface area contributed by atoms with Crippen LogP contribution in [-0.4, -0.2) is 31.1 Å². The zero-order valence-electron chi connectivity index (χ0n) is 10.4. The molecule has 0 heterocycles. The van der Waals surface area contributed by atoms with Crippen LogP contribution in [0.4, 0.5) is 0 Å². The van der Waals surface area contributed by atoms with Gasteiger partial charge in [-0.1, -0.05) is 0 Å². The number of carbonyl (C=O) groups is 3. The molecule has 0 aromatic carbocycles. The summed E-state index contributed by atoms with van der Waals surface area (Å²) in [5.41, 5.74) is -0.399. The third-order valence-electron chi connectivity index (χ3n) is 1.61. The Labute approximate surface area is 99.5 Å². The van der Waals surface area contributed by atoms with Gasteiger partial charge in [0.15, 0.2) is 5.57 Å². The number of esters is 3. The average Bonchev–Trinajstić information content (AvgIpc) is 2.17. The predicted molar refractivity (Wildman–Crippen MR) is 57.7 cm³/mol. The minimum absolute atomic E-state index is 0.106. The molecule has 0 fully saturated rings. The lowest BCUT2D eigenvalue weighted by Crippen LogP contribution is -2.21. The summed E-state index contributed by atoms with van der Waals surface area (Å²) in [5.74, 6) is -2.50. The van der Waals surface area contributed by atoms with Crippen LogP contribution in [0.3, 0.4) is 0 Å². The first-order chi connectivity index (χ1) is 7.93. The second-order valence-corrected chi connectivity index (χ2v) is 2.97. The van der Waals surface area contributed by atoms with E-state index < -0.39 is 23.5 Å². The Kier molecular flexibility index (Phi) is 6.62. The highest BCUT2D eigenvalue weighted by Gasteiger charge is 2.25. The van der Waals surface area contributed by atoms with Gasteiger partial charge in [0, 0.05) is 6.92 Å². The molecule has 0 aliphatic carbocycles. The largest absolute Gasteiger partial charge is 0.462 e. The second-order valence-electron chi connectivity index (χ2n) is 2.97. The molecule has 0 aromatic rings. The zero-order chi connectivity index (χ0) is 13.4. The Morgan fingerprint density at radius 3 is 1.59 bits per heavy atom. The van der Waals surface area contributed by atoms with Crippen molar-refractivity contribution in [2.45, 2.75) is 27.7 Å².